The summed E-state index contributed by atoms with van der Waals surface area (Å²) in [5.74, 6) is 0.573. The van der Waals surface area contributed by atoms with Crippen molar-refractivity contribution >= 4 is 46.0 Å². The van der Waals surface area contributed by atoms with Crippen LogP contribution in [-0.4, -0.2) is 22.7 Å². The number of aromatic amines is 1. The van der Waals surface area contributed by atoms with Crippen LogP contribution in [0.2, 0.25) is 10.0 Å². The zero-order valence-corrected chi connectivity index (χ0v) is 13.7. The molecule has 0 unspecified atom stereocenters. The molecule has 0 atom stereocenters. The molecule has 0 aliphatic carbocycles. The van der Waals surface area contributed by atoms with Crippen LogP contribution in [0.25, 0.3) is 22.4 Å². The summed E-state index contributed by atoms with van der Waals surface area (Å²) < 4.78 is 4.85. The average Bonchev–Trinajstić information content (AvgIpc) is 2.90. The van der Waals surface area contributed by atoms with E-state index >= 15 is 0 Å². The minimum Gasteiger partial charge on any atom is -0.450 e. The van der Waals surface area contributed by atoms with Crippen molar-refractivity contribution in [1.29, 1.82) is 0 Å². The maximum atomic E-state index is 11.5. The van der Waals surface area contributed by atoms with E-state index < -0.39 is 6.09 Å². The van der Waals surface area contributed by atoms with Gasteiger partial charge >= 0.3 is 6.09 Å². The third-order valence-electron chi connectivity index (χ3n) is 3.20. The van der Waals surface area contributed by atoms with E-state index in [1.807, 2.05) is 0 Å². The zero-order valence-electron chi connectivity index (χ0n) is 12.2. The number of rotatable bonds is 3. The molecule has 3 aromatic rings. The summed E-state index contributed by atoms with van der Waals surface area (Å²) in [7, 11) is 0. The van der Waals surface area contributed by atoms with Gasteiger partial charge in [-0.1, -0.05) is 29.3 Å². The first-order valence-electron chi connectivity index (χ1n) is 6.96. The van der Waals surface area contributed by atoms with Crippen molar-refractivity contribution in [3.63, 3.8) is 0 Å². The van der Waals surface area contributed by atoms with Gasteiger partial charge in [-0.2, -0.15) is 0 Å². The van der Waals surface area contributed by atoms with Gasteiger partial charge in [0.05, 0.1) is 33.2 Å². The van der Waals surface area contributed by atoms with Crippen LogP contribution in [0.1, 0.15) is 6.92 Å². The molecule has 118 valence electrons. The Bertz CT molecular complexity index is 857. The first kappa shape index (κ1) is 15.6. The molecular weight excluding hydrogens is 337 g/mol. The predicted molar refractivity (Wildman–Crippen MR) is 92.2 cm³/mol. The van der Waals surface area contributed by atoms with Crippen LogP contribution < -0.4 is 5.32 Å². The minimum atomic E-state index is -0.499. The predicted octanol–water partition coefficient (Wildman–Crippen LogP) is 5.11. The second-order valence-electron chi connectivity index (χ2n) is 4.76. The quantitative estimate of drug-likeness (QED) is 0.690. The summed E-state index contributed by atoms with van der Waals surface area (Å²) >= 11 is 12.4. The summed E-state index contributed by atoms with van der Waals surface area (Å²) in [6, 6.07) is 10.6. The molecule has 0 aliphatic rings. The van der Waals surface area contributed by atoms with Crippen LogP contribution in [0.4, 0.5) is 10.5 Å². The van der Waals surface area contributed by atoms with Gasteiger partial charge in [0.15, 0.2) is 0 Å². The van der Waals surface area contributed by atoms with E-state index in [9.17, 15) is 4.79 Å². The lowest BCUT2D eigenvalue weighted by molar-refractivity contribution is 0.168. The van der Waals surface area contributed by atoms with Crippen molar-refractivity contribution in [1.82, 2.24) is 9.97 Å². The maximum Gasteiger partial charge on any atom is 0.411 e. The Balaban J connectivity index is 1.98. The van der Waals surface area contributed by atoms with Gasteiger partial charge in [-0.15, -0.1) is 0 Å². The van der Waals surface area contributed by atoms with E-state index in [0.29, 0.717) is 33.7 Å². The summed E-state index contributed by atoms with van der Waals surface area (Å²) in [6.45, 7) is 2.06. The number of anilines is 1. The number of carbonyl (C=O) groups excluding carboxylic acids is 1. The number of halogens is 2. The molecular formula is C16H13Cl2N3O2. The van der Waals surface area contributed by atoms with Crippen LogP contribution in [0, 0.1) is 0 Å². The van der Waals surface area contributed by atoms with Crippen LogP contribution in [0.5, 0.6) is 0 Å². The van der Waals surface area contributed by atoms with Crippen molar-refractivity contribution in [3.8, 4) is 11.4 Å². The smallest absolute Gasteiger partial charge is 0.411 e. The third kappa shape index (κ3) is 3.25. The van der Waals surface area contributed by atoms with E-state index in [1.165, 1.54) is 0 Å². The molecule has 3 rings (SSSR count). The number of amides is 1. The van der Waals surface area contributed by atoms with Crippen LogP contribution in [0.15, 0.2) is 36.4 Å². The molecule has 23 heavy (non-hydrogen) atoms. The molecule has 0 saturated carbocycles. The molecule has 0 bridgehead atoms. The van der Waals surface area contributed by atoms with E-state index in [1.54, 1.807) is 43.3 Å². The second-order valence-corrected chi connectivity index (χ2v) is 5.57. The maximum absolute atomic E-state index is 11.5. The summed E-state index contributed by atoms with van der Waals surface area (Å²) in [5, 5.41) is 3.68. The average molecular weight is 350 g/mol. The fraction of sp³-hybridized carbons (Fsp3) is 0.125. The molecule has 0 fully saturated rings. The molecule has 0 radical (unpaired) electrons. The van der Waals surface area contributed by atoms with Crippen LogP contribution in [-0.2, 0) is 4.74 Å². The summed E-state index contributed by atoms with van der Waals surface area (Å²) in [4.78, 5) is 19.1. The van der Waals surface area contributed by atoms with Crippen LogP contribution in [0.3, 0.4) is 0 Å². The van der Waals surface area contributed by atoms with E-state index in [2.05, 4.69) is 15.3 Å². The Morgan fingerprint density at radius 3 is 2.70 bits per heavy atom. The summed E-state index contributed by atoms with van der Waals surface area (Å²) in [6.07, 6.45) is -0.499. The Morgan fingerprint density at radius 2 is 2.00 bits per heavy atom. The first-order chi connectivity index (χ1) is 11.1. The van der Waals surface area contributed by atoms with Gasteiger partial charge in [-0.25, -0.2) is 9.78 Å². The fourth-order valence-electron chi connectivity index (χ4n) is 2.21. The Labute approximate surface area is 142 Å². The van der Waals surface area contributed by atoms with E-state index in [4.69, 9.17) is 27.9 Å². The van der Waals surface area contributed by atoms with Gasteiger partial charge in [0.2, 0.25) is 0 Å². The standard InChI is InChI=1S/C16H13Cl2N3O2/c1-2-23-16(22)19-9-6-7-12-13(8-9)21-15(20-12)14-10(17)4-3-5-11(14)18/h3-8H,2H2,1H3,(H,19,22)(H,20,21). The van der Waals surface area contributed by atoms with E-state index in [0.717, 1.165) is 11.0 Å². The molecule has 0 spiro atoms. The van der Waals surface area contributed by atoms with Crippen molar-refractivity contribution in [2.45, 2.75) is 6.92 Å². The van der Waals surface area contributed by atoms with Gasteiger partial charge in [0.1, 0.15) is 5.82 Å². The normalized spacial score (nSPS) is 10.7. The molecule has 5 nitrogen and oxygen atoms in total. The molecule has 2 N–H and O–H groups in total. The SMILES string of the molecule is CCOC(=O)Nc1ccc2nc(-c3c(Cl)cccc3Cl)[nH]c2c1. The highest BCUT2D eigenvalue weighted by Crippen LogP contribution is 2.34. The lowest BCUT2D eigenvalue weighted by atomic mass is 10.2. The van der Waals surface area contributed by atoms with Gasteiger partial charge < -0.3 is 9.72 Å². The number of imidazole rings is 1. The van der Waals surface area contributed by atoms with Gasteiger partial charge in [0.25, 0.3) is 0 Å². The third-order valence-corrected chi connectivity index (χ3v) is 3.83. The Hall–Kier alpha value is -2.24. The highest BCUT2D eigenvalue weighted by Gasteiger charge is 2.13. The first-order valence-corrected chi connectivity index (χ1v) is 7.72. The number of aromatic nitrogens is 2. The molecule has 2 aromatic carbocycles. The lowest BCUT2D eigenvalue weighted by Crippen LogP contribution is -2.13. The number of fused-ring (bicyclic) bond motifs is 1. The molecule has 7 heteroatoms. The highest BCUT2D eigenvalue weighted by atomic mass is 35.5. The number of H-pyrrole nitrogens is 1. The number of hydrogen-bond acceptors (Lipinski definition) is 3. The molecule has 0 saturated heterocycles. The highest BCUT2D eigenvalue weighted by molar-refractivity contribution is 6.39. The zero-order chi connectivity index (χ0) is 16.4. The van der Waals surface area contributed by atoms with Gasteiger partial charge in [0, 0.05) is 5.69 Å². The summed E-state index contributed by atoms with van der Waals surface area (Å²) in [5.41, 5.74) is 2.75. The number of nitrogens with one attached hydrogen (secondary N) is 2. The molecule has 1 heterocycles. The van der Waals surface area contributed by atoms with Crippen molar-refractivity contribution in [2.24, 2.45) is 0 Å². The molecule has 0 aliphatic heterocycles. The Morgan fingerprint density at radius 1 is 1.26 bits per heavy atom. The molecule has 1 aromatic heterocycles. The fourth-order valence-corrected chi connectivity index (χ4v) is 2.79. The van der Waals surface area contributed by atoms with Crippen molar-refractivity contribution in [3.05, 3.63) is 46.4 Å². The minimum absolute atomic E-state index is 0.313. The number of benzene rings is 2. The largest absolute Gasteiger partial charge is 0.450 e. The Kier molecular flexibility index (Phi) is 4.41. The van der Waals surface area contributed by atoms with Gasteiger partial charge in [-0.05, 0) is 37.3 Å². The monoisotopic (exact) mass is 349 g/mol. The number of carbonyl (C=O) groups is 1. The number of ether oxygens (including phenoxy) is 1. The lowest BCUT2D eigenvalue weighted by Gasteiger charge is -2.04. The van der Waals surface area contributed by atoms with Crippen molar-refractivity contribution < 1.29 is 9.53 Å². The van der Waals surface area contributed by atoms with Gasteiger partial charge in [-0.3, -0.25) is 5.32 Å². The number of hydrogen-bond donors (Lipinski definition) is 2. The van der Waals surface area contributed by atoms with E-state index in [-0.39, 0.29) is 0 Å². The molecule has 1 amide bonds. The van der Waals surface area contributed by atoms with Crippen molar-refractivity contribution in [2.75, 3.05) is 11.9 Å². The number of nitrogens with zero attached hydrogens (tertiary/aromatic N) is 1. The second kappa shape index (κ2) is 6.48. The topological polar surface area (TPSA) is 67.0 Å². The van der Waals surface area contributed by atoms with Crippen LogP contribution >= 0.6 is 23.2 Å².